The Labute approximate surface area is 95.3 Å². The van der Waals surface area contributed by atoms with Gasteiger partial charge in [0.1, 0.15) is 5.82 Å². The number of esters is 1. The van der Waals surface area contributed by atoms with Crippen molar-refractivity contribution in [2.75, 3.05) is 19.0 Å². The Bertz CT molecular complexity index is 342. The van der Waals surface area contributed by atoms with Gasteiger partial charge in [-0.25, -0.2) is 14.8 Å². The second kappa shape index (κ2) is 6.05. The van der Waals surface area contributed by atoms with E-state index >= 15 is 0 Å². The first-order chi connectivity index (χ1) is 7.71. The summed E-state index contributed by atoms with van der Waals surface area (Å²) in [5.41, 5.74) is 0.855. The fraction of sp³-hybridized carbons (Fsp3) is 0.545. The summed E-state index contributed by atoms with van der Waals surface area (Å²) < 4.78 is 4.61. The van der Waals surface area contributed by atoms with Crippen LogP contribution in [0, 0.1) is 0 Å². The molecule has 0 spiro atoms. The van der Waals surface area contributed by atoms with Crippen molar-refractivity contribution in [2.45, 2.75) is 26.7 Å². The molecule has 0 aliphatic heterocycles. The van der Waals surface area contributed by atoms with E-state index in [2.05, 4.69) is 26.9 Å². The quantitative estimate of drug-likeness (QED) is 0.769. The highest BCUT2D eigenvalue weighted by molar-refractivity contribution is 5.85. The van der Waals surface area contributed by atoms with E-state index in [0.29, 0.717) is 5.82 Å². The van der Waals surface area contributed by atoms with E-state index in [4.69, 9.17) is 0 Å². The van der Waals surface area contributed by atoms with Crippen LogP contribution in [0.2, 0.25) is 0 Å². The predicted molar refractivity (Wildman–Crippen MR) is 61.5 cm³/mol. The molecule has 16 heavy (non-hydrogen) atoms. The third-order valence-electron chi connectivity index (χ3n) is 2.01. The first-order valence-corrected chi connectivity index (χ1v) is 5.41. The van der Waals surface area contributed by atoms with E-state index in [-0.39, 0.29) is 5.82 Å². The van der Waals surface area contributed by atoms with Gasteiger partial charge in [0.05, 0.1) is 7.11 Å². The lowest BCUT2D eigenvalue weighted by Crippen LogP contribution is -2.12. The van der Waals surface area contributed by atoms with Crippen LogP contribution in [0.5, 0.6) is 0 Å². The summed E-state index contributed by atoms with van der Waals surface area (Å²) in [5.74, 6) is 0.280. The van der Waals surface area contributed by atoms with Crippen molar-refractivity contribution in [2.24, 2.45) is 0 Å². The molecule has 0 amide bonds. The summed E-state index contributed by atoms with van der Waals surface area (Å²) in [6.07, 6.45) is 1.80. The van der Waals surface area contributed by atoms with Crippen molar-refractivity contribution < 1.29 is 9.53 Å². The number of anilines is 1. The van der Waals surface area contributed by atoms with E-state index in [1.807, 2.05) is 13.0 Å². The highest BCUT2D eigenvalue weighted by atomic mass is 16.5. The molecule has 0 bridgehead atoms. The Kier molecular flexibility index (Phi) is 4.69. The van der Waals surface area contributed by atoms with Gasteiger partial charge in [0.2, 0.25) is 5.82 Å². The molecule has 0 fully saturated rings. The van der Waals surface area contributed by atoms with Gasteiger partial charge in [-0.1, -0.05) is 13.3 Å². The molecule has 1 aromatic heterocycles. The lowest BCUT2D eigenvalue weighted by atomic mass is 10.2. The van der Waals surface area contributed by atoms with Gasteiger partial charge in [0.15, 0.2) is 0 Å². The summed E-state index contributed by atoms with van der Waals surface area (Å²) in [6.45, 7) is 4.79. The summed E-state index contributed by atoms with van der Waals surface area (Å²) in [7, 11) is 1.32. The van der Waals surface area contributed by atoms with Crippen molar-refractivity contribution in [3.63, 3.8) is 0 Å². The molecule has 0 atom stereocenters. The van der Waals surface area contributed by atoms with Crippen LogP contribution in [-0.4, -0.2) is 29.6 Å². The van der Waals surface area contributed by atoms with E-state index in [0.717, 1.165) is 25.1 Å². The minimum Gasteiger partial charge on any atom is -0.463 e. The first-order valence-electron chi connectivity index (χ1n) is 5.41. The van der Waals surface area contributed by atoms with Gasteiger partial charge < -0.3 is 10.1 Å². The normalized spacial score (nSPS) is 9.94. The number of methoxy groups -OCH3 is 1. The first kappa shape index (κ1) is 12.4. The fourth-order valence-corrected chi connectivity index (χ4v) is 1.34. The van der Waals surface area contributed by atoms with Crippen molar-refractivity contribution >= 4 is 11.8 Å². The van der Waals surface area contributed by atoms with E-state index in [1.165, 1.54) is 7.11 Å². The van der Waals surface area contributed by atoms with Crippen LogP contribution >= 0.6 is 0 Å². The molecule has 1 N–H and O–H groups in total. The van der Waals surface area contributed by atoms with Crippen molar-refractivity contribution in [3.05, 3.63) is 17.6 Å². The molecule has 1 rings (SSSR count). The average molecular weight is 223 g/mol. The minimum absolute atomic E-state index is 0.115. The molecule has 5 heteroatoms. The van der Waals surface area contributed by atoms with Gasteiger partial charge in [-0.05, 0) is 13.3 Å². The lowest BCUT2D eigenvalue weighted by molar-refractivity contribution is 0.0586. The lowest BCUT2D eigenvalue weighted by Gasteiger charge is -2.07. The Morgan fingerprint density at radius 2 is 2.19 bits per heavy atom. The number of carbonyl (C=O) groups is 1. The van der Waals surface area contributed by atoms with E-state index in [1.54, 1.807) is 0 Å². The highest BCUT2D eigenvalue weighted by Crippen LogP contribution is 2.09. The van der Waals surface area contributed by atoms with Gasteiger partial charge in [-0.15, -0.1) is 0 Å². The Hall–Kier alpha value is -1.65. The average Bonchev–Trinajstić information content (AvgIpc) is 2.28. The highest BCUT2D eigenvalue weighted by Gasteiger charge is 2.12. The van der Waals surface area contributed by atoms with Crippen LogP contribution in [0.25, 0.3) is 0 Å². The third kappa shape index (κ3) is 3.18. The number of nitrogens with zero attached hydrogens (tertiary/aromatic N) is 2. The van der Waals surface area contributed by atoms with Gasteiger partial charge in [0.25, 0.3) is 0 Å². The molecule has 0 aliphatic carbocycles. The Morgan fingerprint density at radius 3 is 2.75 bits per heavy atom. The van der Waals surface area contributed by atoms with E-state index < -0.39 is 5.97 Å². The van der Waals surface area contributed by atoms with Crippen LogP contribution in [0.4, 0.5) is 5.82 Å². The third-order valence-corrected chi connectivity index (χ3v) is 2.01. The number of carbonyl (C=O) groups excluding carboxylic acids is 1. The van der Waals surface area contributed by atoms with Crippen molar-refractivity contribution in [1.29, 1.82) is 0 Å². The molecule has 5 nitrogen and oxygen atoms in total. The number of hydrogen-bond donors (Lipinski definition) is 1. The maximum atomic E-state index is 11.4. The van der Waals surface area contributed by atoms with Crippen LogP contribution < -0.4 is 5.32 Å². The molecular weight excluding hydrogens is 206 g/mol. The maximum absolute atomic E-state index is 11.4. The number of aryl methyl sites for hydroxylation is 1. The molecule has 0 unspecified atom stereocenters. The summed E-state index contributed by atoms with van der Waals surface area (Å²) in [5, 5.41) is 3.07. The molecule has 0 saturated carbocycles. The van der Waals surface area contributed by atoms with Gasteiger partial charge >= 0.3 is 5.97 Å². The maximum Gasteiger partial charge on any atom is 0.376 e. The number of aromatic nitrogens is 2. The fourth-order valence-electron chi connectivity index (χ4n) is 1.34. The largest absolute Gasteiger partial charge is 0.463 e. The topological polar surface area (TPSA) is 64.1 Å². The van der Waals surface area contributed by atoms with Gasteiger partial charge in [-0.3, -0.25) is 0 Å². The zero-order valence-corrected chi connectivity index (χ0v) is 9.91. The van der Waals surface area contributed by atoms with Crippen LogP contribution in [0.15, 0.2) is 6.07 Å². The smallest absolute Gasteiger partial charge is 0.376 e. The predicted octanol–water partition coefficient (Wildman–Crippen LogP) is 1.65. The van der Waals surface area contributed by atoms with Crippen molar-refractivity contribution in [1.82, 2.24) is 9.97 Å². The zero-order chi connectivity index (χ0) is 12.0. The molecule has 0 aliphatic rings. The summed E-state index contributed by atoms with van der Waals surface area (Å²) in [4.78, 5) is 19.6. The second-order valence-corrected chi connectivity index (χ2v) is 3.34. The monoisotopic (exact) mass is 223 g/mol. The molecule has 0 aromatic carbocycles. The molecular formula is C11H17N3O2. The zero-order valence-electron chi connectivity index (χ0n) is 9.91. The Balaban J connectivity index is 3.02. The molecule has 88 valence electrons. The number of rotatable bonds is 5. The van der Waals surface area contributed by atoms with Gasteiger partial charge in [0, 0.05) is 18.3 Å². The molecule has 0 radical (unpaired) electrons. The standard InChI is InChI=1S/C11H17N3O2/c1-4-6-8-7-9(12-5-2)14-10(13-8)11(15)16-3/h7H,4-6H2,1-3H3,(H,12,13,14). The number of nitrogens with one attached hydrogen (secondary N) is 1. The molecule has 1 aromatic rings. The second-order valence-electron chi connectivity index (χ2n) is 3.34. The summed E-state index contributed by atoms with van der Waals surface area (Å²) >= 11 is 0. The number of hydrogen-bond acceptors (Lipinski definition) is 5. The number of ether oxygens (including phenoxy) is 1. The van der Waals surface area contributed by atoms with E-state index in [9.17, 15) is 4.79 Å². The van der Waals surface area contributed by atoms with Gasteiger partial charge in [-0.2, -0.15) is 0 Å². The van der Waals surface area contributed by atoms with Crippen LogP contribution in [-0.2, 0) is 11.2 Å². The minimum atomic E-state index is -0.503. The molecule has 1 heterocycles. The summed E-state index contributed by atoms with van der Waals surface area (Å²) in [6, 6.07) is 1.86. The Morgan fingerprint density at radius 1 is 1.44 bits per heavy atom. The molecule has 0 saturated heterocycles. The van der Waals surface area contributed by atoms with Crippen molar-refractivity contribution in [3.8, 4) is 0 Å². The SMILES string of the molecule is CCCc1cc(NCC)nc(C(=O)OC)n1. The van der Waals surface area contributed by atoms with Crippen LogP contribution in [0.3, 0.4) is 0 Å². The van der Waals surface area contributed by atoms with Crippen LogP contribution in [0.1, 0.15) is 36.6 Å².